The Morgan fingerprint density at radius 2 is 1.94 bits per heavy atom. The maximum absolute atomic E-state index is 11.7. The van der Waals surface area contributed by atoms with Gasteiger partial charge >= 0.3 is 5.97 Å². The van der Waals surface area contributed by atoms with Crippen LogP contribution in [0, 0.1) is 0 Å². The molecule has 6 heteroatoms. The van der Waals surface area contributed by atoms with Crippen LogP contribution in [0.15, 0.2) is 30.3 Å². The van der Waals surface area contributed by atoms with E-state index in [1.807, 2.05) is 0 Å². The SMILES string of the molecule is COC(=O)C(N)S(=O)(=O)Cc1ccccc1. The van der Waals surface area contributed by atoms with Gasteiger partial charge in [0, 0.05) is 0 Å². The van der Waals surface area contributed by atoms with Crippen molar-refractivity contribution in [1.82, 2.24) is 0 Å². The summed E-state index contributed by atoms with van der Waals surface area (Å²) < 4.78 is 27.6. The first-order valence-electron chi connectivity index (χ1n) is 4.56. The summed E-state index contributed by atoms with van der Waals surface area (Å²) in [6.45, 7) is 0. The molecule has 0 fully saturated rings. The van der Waals surface area contributed by atoms with E-state index in [-0.39, 0.29) is 5.75 Å². The van der Waals surface area contributed by atoms with Crippen LogP contribution >= 0.6 is 0 Å². The van der Waals surface area contributed by atoms with Crippen LogP contribution < -0.4 is 5.73 Å². The first-order chi connectivity index (χ1) is 7.47. The average molecular weight is 243 g/mol. The second kappa shape index (κ2) is 5.09. The molecular weight excluding hydrogens is 230 g/mol. The number of hydrogen-bond donors (Lipinski definition) is 1. The summed E-state index contributed by atoms with van der Waals surface area (Å²) in [6.07, 6.45) is 0. The van der Waals surface area contributed by atoms with Crippen molar-refractivity contribution in [3.63, 3.8) is 0 Å². The number of rotatable bonds is 4. The standard InChI is InChI=1S/C10H13NO4S/c1-15-10(12)9(11)16(13,14)7-8-5-3-2-4-6-8/h2-6,9H,7,11H2,1H3. The third kappa shape index (κ3) is 3.04. The predicted molar refractivity (Wildman–Crippen MR) is 59.1 cm³/mol. The van der Waals surface area contributed by atoms with Gasteiger partial charge in [0.1, 0.15) is 0 Å². The zero-order valence-electron chi connectivity index (χ0n) is 8.79. The summed E-state index contributed by atoms with van der Waals surface area (Å²) in [6, 6.07) is 8.52. The Hall–Kier alpha value is -1.40. The highest BCUT2D eigenvalue weighted by atomic mass is 32.2. The highest BCUT2D eigenvalue weighted by molar-refractivity contribution is 7.91. The van der Waals surface area contributed by atoms with Crippen LogP contribution in [0.3, 0.4) is 0 Å². The van der Waals surface area contributed by atoms with Crippen molar-refractivity contribution in [3.8, 4) is 0 Å². The van der Waals surface area contributed by atoms with Crippen LogP contribution in [0.2, 0.25) is 0 Å². The smallest absolute Gasteiger partial charge is 0.338 e. The predicted octanol–water partition coefficient (Wildman–Crippen LogP) is 0.0592. The van der Waals surface area contributed by atoms with Crippen LogP contribution in [0.4, 0.5) is 0 Å². The molecule has 0 aromatic heterocycles. The zero-order valence-corrected chi connectivity index (χ0v) is 9.61. The van der Waals surface area contributed by atoms with E-state index in [2.05, 4.69) is 4.74 Å². The molecule has 2 N–H and O–H groups in total. The van der Waals surface area contributed by atoms with Gasteiger partial charge in [0.2, 0.25) is 5.37 Å². The fourth-order valence-corrected chi connectivity index (χ4v) is 2.39. The van der Waals surface area contributed by atoms with E-state index in [0.29, 0.717) is 5.56 Å². The summed E-state index contributed by atoms with van der Waals surface area (Å²) in [4.78, 5) is 11.0. The van der Waals surface area contributed by atoms with Crippen LogP contribution in [-0.4, -0.2) is 26.9 Å². The minimum absolute atomic E-state index is 0.274. The molecule has 0 saturated carbocycles. The molecule has 1 rings (SSSR count). The minimum atomic E-state index is -3.72. The Labute approximate surface area is 94.1 Å². The molecule has 0 aliphatic heterocycles. The Bertz CT molecular complexity index is 455. The van der Waals surface area contributed by atoms with Crippen molar-refractivity contribution in [2.45, 2.75) is 11.1 Å². The number of benzene rings is 1. The van der Waals surface area contributed by atoms with E-state index >= 15 is 0 Å². The van der Waals surface area contributed by atoms with Crippen molar-refractivity contribution < 1.29 is 17.9 Å². The van der Waals surface area contributed by atoms with Crippen LogP contribution in [0.1, 0.15) is 5.56 Å². The second-order valence-corrected chi connectivity index (χ2v) is 5.36. The number of methoxy groups -OCH3 is 1. The molecule has 88 valence electrons. The highest BCUT2D eigenvalue weighted by Crippen LogP contribution is 2.09. The molecule has 0 spiro atoms. The zero-order chi connectivity index (χ0) is 12.2. The quantitative estimate of drug-likeness (QED) is 0.756. The van der Waals surface area contributed by atoms with Gasteiger partial charge in [-0.2, -0.15) is 0 Å². The largest absolute Gasteiger partial charge is 0.467 e. The van der Waals surface area contributed by atoms with Gasteiger partial charge in [-0.15, -0.1) is 0 Å². The van der Waals surface area contributed by atoms with Gasteiger partial charge in [0.15, 0.2) is 9.84 Å². The van der Waals surface area contributed by atoms with Gasteiger partial charge < -0.3 is 10.5 Å². The van der Waals surface area contributed by atoms with Gasteiger partial charge in [0.05, 0.1) is 12.9 Å². The second-order valence-electron chi connectivity index (χ2n) is 3.24. The van der Waals surface area contributed by atoms with Crippen LogP contribution in [-0.2, 0) is 25.1 Å². The number of carbonyl (C=O) groups is 1. The summed E-state index contributed by atoms with van der Waals surface area (Å²) in [5.41, 5.74) is 5.88. The number of hydrogen-bond acceptors (Lipinski definition) is 5. The molecule has 1 atom stereocenters. The van der Waals surface area contributed by atoms with Gasteiger partial charge in [-0.05, 0) is 5.56 Å². The molecular formula is C10H13NO4S. The lowest BCUT2D eigenvalue weighted by Gasteiger charge is -2.10. The molecule has 1 unspecified atom stereocenters. The van der Waals surface area contributed by atoms with Gasteiger partial charge in [-0.1, -0.05) is 30.3 Å². The van der Waals surface area contributed by atoms with E-state index in [4.69, 9.17) is 5.73 Å². The van der Waals surface area contributed by atoms with E-state index < -0.39 is 21.2 Å². The highest BCUT2D eigenvalue weighted by Gasteiger charge is 2.29. The monoisotopic (exact) mass is 243 g/mol. The lowest BCUT2D eigenvalue weighted by Crippen LogP contribution is -2.40. The Morgan fingerprint density at radius 1 is 1.38 bits per heavy atom. The summed E-state index contributed by atoms with van der Waals surface area (Å²) in [5, 5.41) is -1.63. The molecule has 1 aromatic rings. The van der Waals surface area contributed by atoms with Gasteiger partial charge in [-0.25, -0.2) is 13.2 Å². The Morgan fingerprint density at radius 3 is 2.44 bits per heavy atom. The molecule has 5 nitrogen and oxygen atoms in total. The fraction of sp³-hybridized carbons (Fsp3) is 0.300. The maximum Gasteiger partial charge on any atom is 0.338 e. The lowest BCUT2D eigenvalue weighted by molar-refractivity contribution is -0.140. The van der Waals surface area contributed by atoms with Crippen molar-refractivity contribution >= 4 is 15.8 Å². The van der Waals surface area contributed by atoms with Crippen LogP contribution in [0.5, 0.6) is 0 Å². The van der Waals surface area contributed by atoms with E-state index in [1.54, 1.807) is 30.3 Å². The van der Waals surface area contributed by atoms with Crippen molar-refractivity contribution in [3.05, 3.63) is 35.9 Å². The Kier molecular flexibility index (Phi) is 4.03. The molecule has 0 aliphatic rings. The van der Waals surface area contributed by atoms with Crippen molar-refractivity contribution in [2.75, 3.05) is 7.11 Å². The molecule has 0 radical (unpaired) electrons. The molecule has 0 saturated heterocycles. The number of esters is 1. The number of ether oxygens (including phenoxy) is 1. The number of nitrogens with two attached hydrogens (primary N) is 1. The summed E-state index contributed by atoms with van der Waals surface area (Å²) >= 11 is 0. The minimum Gasteiger partial charge on any atom is -0.467 e. The fourth-order valence-electron chi connectivity index (χ4n) is 1.16. The van der Waals surface area contributed by atoms with Gasteiger partial charge in [0.25, 0.3) is 0 Å². The molecule has 0 amide bonds. The average Bonchev–Trinajstić information content (AvgIpc) is 2.27. The molecule has 0 aliphatic carbocycles. The molecule has 16 heavy (non-hydrogen) atoms. The van der Waals surface area contributed by atoms with E-state index in [9.17, 15) is 13.2 Å². The topological polar surface area (TPSA) is 86.5 Å². The Balaban J connectivity index is 2.84. The normalized spacial score (nSPS) is 13.1. The lowest BCUT2D eigenvalue weighted by atomic mass is 10.2. The van der Waals surface area contributed by atoms with Crippen LogP contribution in [0.25, 0.3) is 0 Å². The van der Waals surface area contributed by atoms with E-state index in [1.165, 1.54) is 0 Å². The molecule has 1 aromatic carbocycles. The van der Waals surface area contributed by atoms with E-state index in [0.717, 1.165) is 7.11 Å². The third-order valence-electron chi connectivity index (χ3n) is 2.03. The summed E-state index contributed by atoms with van der Waals surface area (Å²) in [7, 11) is -2.62. The first-order valence-corrected chi connectivity index (χ1v) is 6.28. The third-order valence-corrected chi connectivity index (χ3v) is 3.73. The van der Waals surface area contributed by atoms with Crippen molar-refractivity contribution in [1.29, 1.82) is 0 Å². The summed E-state index contributed by atoms with van der Waals surface area (Å²) in [5.74, 6) is -1.22. The first kappa shape index (κ1) is 12.7. The number of carbonyl (C=O) groups excluding carboxylic acids is 1. The molecule has 0 heterocycles. The van der Waals surface area contributed by atoms with Crippen molar-refractivity contribution in [2.24, 2.45) is 5.73 Å². The van der Waals surface area contributed by atoms with Gasteiger partial charge in [-0.3, -0.25) is 0 Å². The maximum atomic E-state index is 11.7. The number of sulfone groups is 1. The molecule has 0 bridgehead atoms.